The molecule has 2 amide bonds. The molecule has 0 spiro atoms. The van der Waals surface area contributed by atoms with E-state index < -0.39 is 33.6 Å². The van der Waals surface area contributed by atoms with Crippen molar-refractivity contribution in [1.82, 2.24) is 0 Å². The molecule has 0 fully saturated rings. The maximum Gasteiger partial charge on any atom is 0.336 e. The Labute approximate surface area is 243 Å². The number of aromatic carboxylic acids is 2. The topological polar surface area (TPSA) is 176 Å². The molecule has 42 heavy (non-hydrogen) atoms. The first-order chi connectivity index (χ1) is 20.0. The van der Waals surface area contributed by atoms with Crippen LogP contribution < -0.4 is 10.6 Å². The second-order valence-corrected chi connectivity index (χ2v) is 10.2. The van der Waals surface area contributed by atoms with Crippen LogP contribution in [0.3, 0.4) is 0 Å². The van der Waals surface area contributed by atoms with Crippen LogP contribution in [-0.4, -0.2) is 38.9 Å². The number of carbonyl (C=O) groups is 4. The molecule has 4 aromatic rings. The van der Waals surface area contributed by atoms with E-state index in [1.807, 2.05) is 6.07 Å². The van der Waals surface area contributed by atoms with Gasteiger partial charge in [0.2, 0.25) is 5.91 Å². The highest BCUT2D eigenvalue weighted by Crippen LogP contribution is 2.37. The predicted molar refractivity (Wildman–Crippen MR) is 156 cm³/mol. The van der Waals surface area contributed by atoms with Gasteiger partial charge < -0.3 is 20.8 Å². The molecule has 12 heteroatoms. The number of thioether (sulfide) groups is 1. The number of carbonyl (C=O) groups excluding carboxylic acids is 2. The number of amides is 2. The number of hydrogen-bond acceptors (Lipinski definition) is 7. The Kier molecular flexibility index (Phi) is 8.98. The average Bonchev–Trinajstić information content (AvgIpc) is 2.97. The zero-order valence-corrected chi connectivity index (χ0v) is 22.8. The highest BCUT2D eigenvalue weighted by atomic mass is 32.2. The summed E-state index contributed by atoms with van der Waals surface area (Å²) in [6, 6.07) is 22.9. The number of anilines is 2. The quantitative estimate of drug-likeness (QED) is 0.0984. The van der Waals surface area contributed by atoms with Crippen molar-refractivity contribution in [3.8, 4) is 0 Å². The van der Waals surface area contributed by atoms with Gasteiger partial charge in [0.25, 0.3) is 11.6 Å². The van der Waals surface area contributed by atoms with Crippen LogP contribution in [-0.2, 0) is 4.79 Å². The second kappa shape index (κ2) is 12.8. The van der Waals surface area contributed by atoms with Gasteiger partial charge in [-0.05, 0) is 60.5 Å². The minimum Gasteiger partial charge on any atom is -0.478 e. The minimum absolute atomic E-state index is 0.0911. The maximum atomic E-state index is 13.5. The van der Waals surface area contributed by atoms with Crippen LogP contribution >= 0.6 is 11.8 Å². The lowest BCUT2D eigenvalue weighted by Gasteiger charge is -2.18. The molecule has 0 bridgehead atoms. The van der Waals surface area contributed by atoms with Crippen LogP contribution in [0.5, 0.6) is 0 Å². The number of carboxylic acids is 2. The van der Waals surface area contributed by atoms with Crippen molar-refractivity contribution in [3.05, 3.63) is 129 Å². The third-order valence-electron chi connectivity index (χ3n) is 6.11. The third kappa shape index (κ3) is 6.98. The van der Waals surface area contributed by atoms with Gasteiger partial charge in [0.15, 0.2) is 0 Å². The number of aryl methyl sites for hydroxylation is 1. The molecule has 1 unspecified atom stereocenters. The molecule has 0 saturated heterocycles. The van der Waals surface area contributed by atoms with Gasteiger partial charge in [-0.3, -0.25) is 19.7 Å². The van der Waals surface area contributed by atoms with Gasteiger partial charge >= 0.3 is 11.9 Å². The number of nitrogens with zero attached hydrogens (tertiary/aromatic N) is 1. The van der Waals surface area contributed by atoms with Gasteiger partial charge in [0, 0.05) is 28.4 Å². The molecule has 0 aliphatic carbocycles. The molecule has 0 aromatic heterocycles. The standard InChI is InChI=1S/C30H23N3O8S/c1-17-14-21(33(40)41)11-13-25(17)32-28(35)26(18-6-3-2-4-7-18)42-22-9-5-8-20(16-22)31-27(34)23-12-10-19(29(36)37)15-24(23)30(38)39/h2-16,26H,1H3,(H,31,34)(H,32,35)(H,36,37)(H,38,39). The summed E-state index contributed by atoms with van der Waals surface area (Å²) in [6.45, 7) is 1.66. The summed E-state index contributed by atoms with van der Waals surface area (Å²) in [5.74, 6) is -3.90. The molecule has 0 aliphatic heterocycles. The van der Waals surface area contributed by atoms with Crippen molar-refractivity contribution in [1.29, 1.82) is 0 Å². The van der Waals surface area contributed by atoms with Gasteiger partial charge in [0.1, 0.15) is 5.25 Å². The molecular formula is C30H23N3O8S. The van der Waals surface area contributed by atoms with Crippen molar-refractivity contribution in [2.75, 3.05) is 10.6 Å². The summed E-state index contributed by atoms with van der Waals surface area (Å²) in [5, 5.41) is 34.5. The fourth-order valence-corrected chi connectivity index (χ4v) is 5.12. The molecular weight excluding hydrogens is 562 g/mol. The molecule has 0 saturated carbocycles. The highest BCUT2D eigenvalue weighted by Gasteiger charge is 2.24. The largest absolute Gasteiger partial charge is 0.478 e. The summed E-state index contributed by atoms with van der Waals surface area (Å²) < 4.78 is 0. The van der Waals surface area contributed by atoms with E-state index in [9.17, 15) is 34.4 Å². The molecule has 4 aromatic carbocycles. The zero-order chi connectivity index (χ0) is 30.4. The molecule has 1 atom stereocenters. The van der Waals surface area contributed by atoms with E-state index >= 15 is 0 Å². The Morgan fingerprint density at radius 1 is 0.810 bits per heavy atom. The zero-order valence-electron chi connectivity index (χ0n) is 21.9. The van der Waals surface area contributed by atoms with Gasteiger partial charge in [-0.2, -0.15) is 0 Å². The van der Waals surface area contributed by atoms with E-state index in [2.05, 4.69) is 10.6 Å². The monoisotopic (exact) mass is 585 g/mol. The number of benzene rings is 4. The smallest absolute Gasteiger partial charge is 0.336 e. The number of carboxylic acid groups (broad SMARTS) is 2. The van der Waals surface area contributed by atoms with Gasteiger partial charge in [0.05, 0.1) is 21.6 Å². The summed E-state index contributed by atoms with van der Waals surface area (Å²) >= 11 is 1.20. The first-order valence-corrected chi connectivity index (χ1v) is 13.2. The fourth-order valence-electron chi connectivity index (χ4n) is 4.03. The first kappa shape index (κ1) is 29.5. The molecule has 4 N–H and O–H groups in total. The van der Waals surface area contributed by atoms with E-state index in [0.29, 0.717) is 27.4 Å². The van der Waals surface area contributed by atoms with Gasteiger partial charge in [-0.25, -0.2) is 9.59 Å². The van der Waals surface area contributed by atoms with Crippen LogP contribution in [0.15, 0.2) is 95.9 Å². The van der Waals surface area contributed by atoms with Crippen molar-refractivity contribution in [2.24, 2.45) is 0 Å². The lowest BCUT2D eigenvalue weighted by atomic mass is 10.0. The molecule has 4 rings (SSSR count). The third-order valence-corrected chi connectivity index (χ3v) is 7.35. The number of nitro benzene ring substituents is 1. The lowest BCUT2D eigenvalue weighted by molar-refractivity contribution is -0.384. The Morgan fingerprint density at radius 2 is 1.55 bits per heavy atom. The van der Waals surface area contributed by atoms with Crippen LogP contribution in [0, 0.1) is 17.0 Å². The minimum atomic E-state index is -1.45. The SMILES string of the molecule is Cc1cc([N+](=O)[O-])ccc1NC(=O)C(Sc1cccc(NC(=O)c2ccc(C(=O)O)cc2C(=O)O)c1)c1ccccc1. The van der Waals surface area contributed by atoms with Crippen molar-refractivity contribution in [2.45, 2.75) is 17.1 Å². The van der Waals surface area contributed by atoms with Crippen LogP contribution in [0.1, 0.15) is 47.5 Å². The fraction of sp³-hybridized carbons (Fsp3) is 0.0667. The van der Waals surface area contributed by atoms with Crippen molar-refractivity contribution in [3.63, 3.8) is 0 Å². The number of rotatable bonds is 10. The lowest BCUT2D eigenvalue weighted by Crippen LogP contribution is -2.19. The maximum absolute atomic E-state index is 13.5. The summed E-state index contributed by atoms with van der Waals surface area (Å²) in [4.78, 5) is 60.5. The Morgan fingerprint density at radius 3 is 2.19 bits per heavy atom. The average molecular weight is 586 g/mol. The number of non-ortho nitro benzene ring substituents is 1. The Bertz CT molecular complexity index is 1710. The van der Waals surface area contributed by atoms with Crippen molar-refractivity contribution < 1.29 is 34.3 Å². The highest BCUT2D eigenvalue weighted by molar-refractivity contribution is 8.00. The van der Waals surface area contributed by atoms with Crippen LogP contribution in [0.4, 0.5) is 17.1 Å². The van der Waals surface area contributed by atoms with E-state index in [1.54, 1.807) is 55.5 Å². The predicted octanol–water partition coefficient (Wildman–Crippen LogP) is 6.02. The number of hydrogen-bond donors (Lipinski definition) is 4. The first-order valence-electron chi connectivity index (χ1n) is 12.3. The second-order valence-electron chi connectivity index (χ2n) is 9.01. The molecule has 212 valence electrons. The van der Waals surface area contributed by atoms with Gasteiger partial charge in [-0.1, -0.05) is 36.4 Å². The number of nitro groups is 1. The van der Waals surface area contributed by atoms with Crippen LogP contribution in [0.25, 0.3) is 0 Å². The Balaban J connectivity index is 1.57. The molecule has 0 aliphatic rings. The van der Waals surface area contributed by atoms with Crippen molar-refractivity contribution >= 4 is 52.6 Å². The van der Waals surface area contributed by atoms with E-state index in [0.717, 1.165) is 18.2 Å². The van der Waals surface area contributed by atoms with E-state index in [4.69, 9.17) is 5.11 Å². The summed E-state index contributed by atoms with van der Waals surface area (Å²) in [6.07, 6.45) is 0. The summed E-state index contributed by atoms with van der Waals surface area (Å²) in [5.41, 5.74) is 0.933. The Hall–Kier alpha value is -5.49. The molecule has 11 nitrogen and oxygen atoms in total. The van der Waals surface area contributed by atoms with Crippen LogP contribution in [0.2, 0.25) is 0 Å². The van der Waals surface area contributed by atoms with E-state index in [1.165, 1.54) is 30.0 Å². The summed E-state index contributed by atoms with van der Waals surface area (Å²) in [7, 11) is 0. The molecule has 0 heterocycles. The number of nitrogens with one attached hydrogen (secondary N) is 2. The van der Waals surface area contributed by atoms with E-state index in [-0.39, 0.29) is 22.7 Å². The van der Waals surface area contributed by atoms with Gasteiger partial charge in [-0.15, -0.1) is 11.8 Å². The molecule has 0 radical (unpaired) electrons. The normalized spacial score (nSPS) is 11.3.